The lowest BCUT2D eigenvalue weighted by Gasteiger charge is -2.26. The van der Waals surface area contributed by atoms with Crippen molar-refractivity contribution in [2.24, 2.45) is 0 Å². The number of nitrogens with zero attached hydrogens (tertiary/aromatic N) is 3. The van der Waals surface area contributed by atoms with Crippen molar-refractivity contribution in [3.8, 4) is 0 Å². The van der Waals surface area contributed by atoms with Gasteiger partial charge in [-0.05, 0) is 22.6 Å². The molecule has 7 heteroatoms. The lowest BCUT2D eigenvalue weighted by atomic mass is 10.4. The number of hydrogen-bond acceptors (Lipinski definition) is 4. The number of rotatable bonds is 2. The van der Waals surface area contributed by atoms with Crippen molar-refractivity contribution in [2.75, 3.05) is 26.3 Å². The maximum absolute atomic E-state index is 11.9. The molecule has 0 aromatic carbocycles. The van der Waals surface area contributed by atoms with Crippen molar-refractivity contribution in [3.05, 3.63) is 26.4 Å². The van der Waals surface area contributed by atoms with Gasteiger partial charge in [0.15, 0.2) is 0 Å². The van der Waals surface area contributed by atoms with Gasteiger partial charge in [0.2, 0.25) is 5.91 Å². The number of ether oxygens (including phenoxy) is 1. The lowest BCUT2D eigenvalue weighted by Crippen LogP contribution is -2.43. The zero-order chi connectivity index (χ0) is 12.3. The van der Waals surface area contributed by atoms with Gasteiger partial charge in [-0.15, -0.1) is 0 Å². The Balaban J connectivity index is 2.07. The largest absolute Gasteiger partial charge is 0.378 e. The standard InChI is InChI=1S/C10H12IN3O3/c11-8-5-12-7-14(10(8)16)6-9(15)13-1-3-17-4-2-13/h5,7H,1-4,6H2. The summed E-state index contributed by atoms with van der Waals surface area (Å²) < 4.78 is 7.01. The molecule has 0 atom stereocenters. The normalized spacial score (nSPS) is 15.9. The van der Waals surface area contributed by atoms with Crippen molar-refractivity contribution in [1.82, 2.24) is 14.5 Å². The molecule has 0 radical (unpaired) electrons. The molecule has 1 amide bonds. The van der Waals surface area contributed by atoms with Gasteiger partial charge in [0, 0.05) is 19.3 Å². The smallest absolute Gasteiger partial charge is 0.267 e. The number of aromatic nitrogens is 2. The molecule has 2 rings (SSSR count). The average Bonchev–Trinajstić information content (AvgIpc) is 2.36. The first-order valence-electron chi connectivity index (χ1n) is 5.24. The van der Waals surface area contributed by atoms with Crippen LogP contribution in [0.25, 0.3) is 0 Å². The van der Waals surface area contributed by atoms with E-state index in [1.165, 1.54) is 17.1 Å². The maximum Gasteiger partial charge on any atom is 0.267 e. The minimum absolute atomic E-state index is 0.0443. The molecule has 17 heavy (non-hydrogen) atoms. The van der Waals surface area contributed by atoms with Crippen LogP contribution in [0.2, 0.25) is 0 Å². The topological polar surface area (TPSA) is 64.4 Å². The van der Waals surface area contributed by atoms with E-state index in [-0.39, 0.29) is 18.0 Å². The van der Waals surface area contributed by atoms with Crippen molar-refractivity contribution in [1.29, 1.82) is 0 Å². The summed E-state index contributed by atoms with van der Waals surface area (Å²) in [6.07, 6.45) is 2.88. The Morgan fingerprint density at radius 1 is 1.47 bits per heavy atom. The molecule has 1 aromatic heterocycles. The molecular weight excluding hydrogens is 337 g/mol. The van der Waals surface area contributed by atoms with Gasteiger partial charge in [-0.2, -0.15) is 0 Å². The Bertz CT molecular complexity index is 468. The molecule has 2 heterocycles. The molecule has 0 bridgehead atoms. The van der Waals surface area contributed by atoms with Crippen LogP contribution in [-0.2, 0) is 16.1 Å². The third-order valence-corrected chi connectivity index (χ3v) is 3.27. The first kappa shape index (κ1) is 12.5. The van der Waals surface area contributed by atoms with Gasteiger partial charge in [-0.3, -0.25) is 14.2 Å². The van der Waals surface area contributed by atoms with Gasteiger partial charge < -0.3 is 9.64 Å². The Morgan fingerprint density at radius 3 is 2.88 bits per heavy atom. The SMILES string of the molecule is O=C(Cn1cncc(I)c1=O)N1CCOCC1. The summed E-state index contributed by atoms with van der Waals surface area (Å²) in [7, 11) is 0. The van der Waals surface area contributed by atoms with Gasteiger partial charge in [-0.1, -0.05) is 0 Å². The second-order valence-electron chi connectivity index (χ2n) is 3.67. The fraction of sp³-hybridized carbons (Fsp3) is 0.500. The van der Waals surface area contributed by atoms with Crippen molar-refractivity contribution in [3.63, 3.8) is 0 Å². The minimum Gasteiger partial charge on any atom is -0.378 e. The predicted molar refractivity (Wildman–Crippen MR) is 68.6 cm³/mol. The first-order valence-corrected chi connectivity index (χ1v) is 6.32. The van der Waals surface area contributed by atoms with Gasteiger partial charge in [0.1, 0.15) is 6.54 Å². The van der Waals surface area contributed by atoms with E-state index in [0.717, 1.165) is 0 Å². The van der Waals surface area contributed by atoms with Gasteiger partial charge in [-0.25, -0.2) is 4.98 Å². The molecule has 92 valence electrons. The van der Waals surface area contributed by atoms with E-state index in [2.05, 4.69) is 4.98 Å². The van der Waals surface area contributed by atoms with E-state index in [1.54, 1.807) is 4.90 Å². The second-order valence-corrected chi connectivity index (χ2v) is 4.83. The molecule has 6 nitrogen and oxygen atoms in total. The minimum atomic E-state index is -0.179. The molecule has 1 aliphatic rings. The Labute approximate surface area is 112 Å². The zero-order valence-electron chi connectivity index (χ0n) is 9.13. The molecule has 1 aromatic rings. The molecule has 0 spiro atoms. The highest BCUT2D eigenvalue weighted by Gasteiger charge is 2.17. The fourth-order valence-electron chi connectivity index (χ4n) is 1.60. The zero-order valence-corrected chi connectivity index (χ0v) is 11.3. The molecule has 1 saturated heterocycles. The van der Waals surface area contributed by atoms with Crippen LogP contribution in [0.15, 0.2) is 17.3 Å². The van der Waals surface area contributed by atoms with E-state index in [0.29, 0.717) is 29.9 Å². The number of amides is 1. The van der Waals surface area contributed by atoms with E-state index in [1.807, 2.05) is 22.6 Å². The van der Waals surface area contributed by atoms with Gasteiger partial charge in [0.05, 0.1) is 23.1 Å². The number of carbonyl (C=O) groups excluding carboxylic acids is 1. The molecule has 0 saturated carbocycles. The van der Waals surface area contributed by atoms with E-state index < -0.39 is 0 Å². The van der Waals surface area contributed by atoms with Crippen LogP contribution in [-0.4, -0.2) is 46.7 Å². The average molecular weight is 349 g/mol. The van der Waals surface area contributed by atoms with Crippen LogP contribution in [0, 0.1) is 3.57 Å². The fourth-order valence-corrected chi connectivity index (χ4v) is 2.07. The molecule has 1 fully saturated rings. The summed E-state index contributed by atoms with van der Waals surface area (Å²) in [6.45, 7) is 2.34. The van der Waals surface area contributed by atoms with Crippen LogP contribution in [0.1, 0.15) is 0 Å². The van der Waals surface area contributed by atoms with Crippen molar-refractivity contribution in [2.45, 2.75) is 6.54 Å². The van der Waals surface area contributed by atoms with Crippen LogP contribution in [0.4, 0.5) is 0 Å². The van der Waals surface area contributed by atoms with Crippen molar-refractivity contribution < 1.29 is 9.53 Å². The summed E-state index contributed by atoms with van der Waals surface area (Å²) in [4.78, 5) is 29.2. The van der Waals surface area contributed by atoms with E-state index in [9.17, 15) is 9.59 Å². The first-order chi connectivity index (χ1) is 8.18. The van der Waals surface area contributed by atoms with Crippen LogP contribution in [0.3, 0.4) is 0 Å². The van der Waals surface area contributed by atoms with Crippen LogP contribution in [0.5, 0.6) is 0 Å². The third-order valence-electron chi connectivity index (χ3n) is 2.53. The molecule has 1 aliphatic heterocycles. The number of morpholine rings is 1. The summed E-state index contributed by atoms with van der Waals surface area (Å²) >= 11 is 1.91. The highest BCUT2D eigenvalue weighted by Crippen LogP contribution is 1.99. The summed E-state index contributed by atoms with van der Waals surface area (Å²) in [6, 6.07) is 0. The monoisotopic (exact) mass is 349 g/mol. The van der Waals surface area contributed by atoms with Gasteiger partial charge in [0.25, 0.3) is 5.56 Å². The summed E-state index contributed by atoms with van der Waals surface area (Å²) in [5.41, 5.74) is -0.179. The highest BCUT2D eigenvalue weighted by atomic mass is 127. The molecule has 0 N–H and O–H groups in total. The molecule has 0 unspecified atom stereocenters. The Morgan fingerprint density at radius 2 is 2.18 bits per heavy atom. The number of halogens is 1. The third kappa shape index (κ3) is 3.03. The Hall–Kier alpha value is -0.960. The summed E-state index contributed by atoms with van der Waals surface area (Å²) in [5.74, 6) is -0.0702. The summed E-state index contributed by atoms with van der Waals surface area (Å²) in [5, 5.41) is 0. The second kappa shape index (κ2) is 5.58. The quantitative estimate of drug-likeness (QED) is 0.689. The lowest BCUT2D eigenvalue weighted by molar-refractivity contribution is -0.135. The molecular formula is C10H12IN3O3. The maximum atomic E-state index is 11.9. The number of hydrogen-bond donors (Lipinski definition) is 0. The van der Waals surface area contributed by atoms with Crippen LogP contribution < -0.4 is 5.56 Å². The van der Waals surface area contributed by atoms with Crippen LogP contribution >= 0.6 is 22.6 Å². The Kier molecular flexibility index (Phi) is 4.11. The number of carbonyl (C=O) groups is 1. The highest BCUT2D eigenvalue weighted by molar-refractivity contribution is 14.1. The predicted octanol–water partition coefficient (Wildman–Crippen LogP) is -0.293. The van der Waals surface area contributed by atoms with E-state index in [4.69, 9.17) is 4.74 Å². The van der Waals surface area contributed by atoms with E-state index >= 15 is 0 Å². The molecule has 0 aliphatic carbocycles. The van der Waals surface area contributed by atoms with Crippen molar-refractivity contribution >= 4 is 28.5 Å². The van der Waals surface area contributed by atoms with Gasteiger partial charge >= 0.3 is 0 Å².